The van der Waals surface area contributed by atoms with E-state index in [-0.39, 0.29) is 5.52 Å². The van der Waals surface area contributed by atoms with E-state index in [4.69, 9.17) is 17.3 Å². The molecule has 3 nitrogen and oxygen atoms in total. The predicted molar refractivity (Wildman–Crippen MR) is 95.8 cm³/mol. The van der Waals surface area contributed by atoms with Crippen molar-refractivity contribution in [2.75, 3.05) is 0 Å². The number of benzene rings is 1. The van der Waals surface area contributed by atoms with E-state index in [1.54, 1.807) is 18.2 Å². The van der Waals surface area contributed by atoms with E-state index in [0.29, 0.717) is 25.4 Å². The molecule has 1 heterocycles. The highest BCUT2D eigenvalue weighted by molar-refractivity contribution is 14.1. The maximum Gasteiger partial charge on any atom is 0.164 e. The molecule has 1 aliphatic rings. The van der Waals surface area contributed by atoms with Gasteiger partial charge in [-0.2, -0.15) is 0 Å². The number of hydrogen-bond donors (Lipinski definition) is 1. The number of aromatic nitrogens is 2. The van der Waals surface area contributed by atoms with E-state index in [0.717, 1.165) is 5.57 Å². The number of fused-ring (bicyclic) bond motifs is 1. The van der Waals surface area contributed by atoms with E-state index in [2.05, 4.69) is 9.97 Å². The fraction of sp³-hybridized carbons (Fsp3) is 0. The first-order valence-electron chi connectivity index (χ1n) is 6.38. The summed E-state index contributed by atoms with van der Waals surface area (Å²) < 4.78 is 14.7. The van der Waals surface area contributed by atoms with E-state index in [1.165, 1.54) is 6.33 Å². The molecule has 110 valence electrons. The van der Waals surface area contributed by atoms with Crippen LogP contribution in [0.5, 0.6) is 0 Å². The average molecular weight is 426 g/mol. The summed E-state index contributed by atoms with van der Waals surface area (Å²) in [6.45, 7) is 0. The summed E-state index contributed by atoms with van der Waals surface area (Å²) in [6, 6.07) is 1.68. The van der Waals surface area contributed by atoms with Gasteiger partial charge in [0.15, 0.2) is 5.82 Å². The minimum atomic E-state index is -0.439. The molecule has 6 heteroatoms. The Balaban J connectivity index is 2.30. The van der Waals surface area contributed by atoms with Gasteiger partial charge in [-0.25, -0.2) is 14.4 Å². The van der Waals surface area contributed by atoms with Gasteiger partial charge < -0.3 is 5.73 Å². The van der Waals surface area contributed by atoms with Crippen LogP contribution in [0.1, 0.15) is 5.69 Å². The molecule has 1 aromatic carbocycles. The van der Waals surface area contributed by atoms with Crippen LogP contribution in [0.4, 0.5) is 4.39 Å². The summed E-state index contributed by atoms with van der Waals surface area (Å²) in [4.78, 5) is 8.32. The van der Waals surface area contributed by atoms with Gasteiger partial charge in [0.05, 0.1) is 14.3 Å². The number of nitrogens with two attached hydrogens (primary N) is 1. The monoisotopic (exact) mass is 425 g/mol. The predicted octanol–water partition coefficient (Wildman–Crippen LogP) is 4.38. The van der Waals surface area contributed by atoms with Crippen LogP contribution in [0.2, 0.25) is 5.02 Å². The SMILES string of the molecule is NC1=C/C(c2ncnc3c(F)c(I)c(Cl)cc23)=C\C=C/C=C1. The highest BCUT2D eigenvalue weighted by atomic mass is 127. The van der Waals surface area contributed by atoms with E-state index >= 15 is 0 Å². The third kappa shape index (κ3) is 2.78. The molecule has 0 radical (unpaired) electrons. The number of allylic oxidation sites excluding steroid dienone is 7. The summed E-state index contributed by atoms with van der Waals surface area (Å²) in [5.41, 5.74) is 8.10. The molecule has 0 atom stereocenters. The van der Waals surface area contributed by atoms with Crippen LogP contribution in [-0.4, -0.2) is 9.97 Å². The summed E-state index contributed by atoms with van der Waals surface area (Å²) in [5.74, 6) is -0.439. The third-order valence-corrected chi connectivity index (χ3v) is 4.82. The summed E-state index contributed by atoms with van der Waals surface area (Å²) in [5, 5.41) is 0.888. The Hall–Kier alpha value is -1.73. The number of nitrogens with zero attached hydrogens (tertiary/aromatic N) is 2. The molecule has 0 aliphatic heterocycles. The highest BCUT2D eigenvalue weighted by Crippen LogP contribution is 2.32. The maximum atomic E-state index is 14.4. The molecule has 0 fully saturated rings. The number of hydrogen-bond acceptors (Lipinski definition) is 3. The van der Waals surface area contributed by atoms with Crippen LogP contribution in [-0.2, 0) is 0 Å². The molecular weight excluding hydrogens is 416 g/mol. The van der Waals surface area contributed by atoms with Crippen LogP contribution in [0.25, 0.3) is 16.5 Å². The van der Waals surface area contributed by atoms with Crippen LogP contribution in [0.15, 0.2) is 54.5 Å². The van der Waals surface area contributed by atoms with Crippen molar-refractivity contribution in [3.05, 3.63) is 74.7 Å². The Morgan fingerprint density at radius 3 is 2.82 bits per heavy atom. The van der Waals surface area contributed by atoms with Gasteiger partial charge in [-0.15, -0.1) is 0 Å². The van der Waals surface area contributed by atoms with Crippen molar-refractivity contribution in [2.45, 2.75) is 0 Å². The van der Waals surface area contributed by atoms with Gasteiger partial charge in [0, 0.05) is 16.7 Å². The van der Waals surface area contributed by atoms with Crippen molar-refractivity contribution in [3.63, 3.8) is 0 Å². The van der Waals surface area contributed by atoms with Gasteiger partial charge >= 0.3 is 0 Å². The van der Waals surface area contributed by atoms with Crippen LogP contribution in [0, 0.1) is 9.39 Å². The molecule has 0 amide bonds. The summed E-state index contributed by atoms with van der Waals surface area (Å²) >= 11 is 7.97. The molecular formula is C16H10ClFIN3. The van der Waals surface area contributed by atoms with E-state index in [1.807, 2.05) is 46.9 Å². The molecule has 0 saturated carbocycles. The molecule has 0 spiro atoms. The topological polar surface area (TPSA) is 51.8 Å². The second-order valence-electron chi connectivity index (χ2n) is 4.62. The standard InChI is InChI=1S/C16H10ClFIN3/c17-12-7-11-15(9-4-2-1-3-5-10(20)6-9)21-8-22-16(11)13(18)14(12)19/h1-8H,20H2/b2-1-,3-1?,4-2?,5-3?,9-4+,9-6?,10-5?,10-6?. The molecule has 1 aromatic heterocycles. The van der Waals surface area contributed by atoms with Gasteiger partial charge in [-0.05, 0) is 40.8 Å². The molecule has 0 saturated heterocycles. The van der Waals surface area contributed by atoms with Gasteiger partial charge in [-0.3, -0.25) is 0 Å². The van der Waals surface area contributed by atoms with Crippen molar-refractivity contribution in [1.82, 2.24) is 9.97 Å². The van der Waals surface area contributed by atoms with E-state index < -0.39 is 5.82 Å². The summed E-state index contributed by atoms with van der Waals surface area (Å²) in [6.07, 6.45) is 12.3. The quantitative estimate of drug-likeness (QED) is 0.545. The van der Waals surface area contributed by atoms with Crippen molar-refractivity contribution in [2.24, 2.45) is 5.73 Å². The first kappa shape index (κ1) is 15.2. The van der Waals surface area contributed by atoms with Crippen LogP contribution in [0.3, 0.4) is 0 Å². The minimum Gasteiger partial charge on any atom is -0.399 e. The molecule has 0 unspecified atom stereocenters. The lowest BCUT2D eigenvalue weighted by molar-refractivity contribution is 0.629. The second-order valence-corrected chi connectivity index (χ2v) is 6.10. The lowest BCUT2D eigenvalue weighted by Crippen LogP contribution is -1.99. The van der Waals surface area contributed by atoms with Crippen molar-refractivity contribution in [3.8, 4) is 0 Å². The zero-order valence-electron chi connectivity index (χ0n) is 11.2. The fourth-order valence-corrected chi connectivity index (χ4v) is 2.75. The lowest BCUT2D eigenvalue weighted by atomic mass is 10.0. The Bertz CT molecular complexity index is 885. The molecule has 2 N–H and O–H groups in total. The van der Waals surface area contributed by atoms with Crippen molar-refractivity contribution < 1.29 is 4.39 Å². The number of halogens is 3. The maximum absolute atomic E-state index is 14.4. The Labute approximate surface area is 145 Å². The van der Waals surface area contributed by atoms with Gasteiger partial charge in [0.2, 0.25) is 0 Å². The molecule has 1 aliphatic carbocycles. The second kappa shape index (κ2) is 6.18. The normalized spacial score (nSPS) is 18.3. The molecule has 3 rings (SSSR count). The molecule has 2 aromatic rings. The number of rotatable bonds is 1. The average Bonchev–Trinajstić information content (AvgIpc) is 2.48. The lowest BCUT2D eigenvalue weighted by Gasteiger charge is -2.09. The zero-order chi connectivity index (χ0) is 15.7. The van der Waals surface area contributed by atoms with Crippen molar-refractivity contribution >= 4 is 50.7 Å². The van der Waals surface area contributed by atoms with Crippen LogP contribution >= 0.6 is 34.2 Å². The Kier molecular flexibility index (Phi) is 4.26. The summed E-state index contributed by atoms with van der Waals surface area (Å²) in [7, 11) is 0. The largest absolute Gasteiger partial charge is 0.399 e. The van der Waals surface area contributed by atoms with Crippen molar-refractivity contribution in [1.29, 1.82) is 0 Å². The smallest absolute Gasteiger partial charge is 0.164 e. The highest BCUT2D eigenvalue weighted by Gasteiger charge is 2.16. The van der Waals surface area contributed by atoms with Gasteiger partial charge in [-0.1, -0.05) is 35.9 Å². The fourth-order valence-electron chi connectivity index (χ4n) is 2.15. The zero-order valence-corrected chi connectivity index (χ0v) is 14.1. The van der Waals surface area contributed by atoms with Gasteiger partial charge in [0.25, 0.3) is 0 Å². The van der Waals surface area contributed by atoms with Gasteiger partial charge in [0.1, 0.15) is 11.8 Å². The third-order valence-electron chi connectivity index (χ3n) is 3.15. The first-order chi connectivity index (χ1) is 10.6. The van der Waals surface area contributed by atoms with Crippen LogP contribution < -0.4 is 5.73 Å². The molecule has 0 bridgehead atoms. The first-order valence-corrected chi connectivity index (χ1v) is 7.84. The molecule has 22 heavy (non-hydrogen) atoms. The van der Waals surface area contributed by atoms with E-state index in [9.17, 15) is 4.39 Å². The Morgan fingerprint density at radius 2 is 2.00 bits per heavy atom. The minimum absolute atomic E-state index is 0.244. The Morgan fingerprint density at radius 1 is 1.18 bits per heavy atom.